The van der Waals surface area contributed by atoms with E-state index >= 15 is 0 Å². The zero-order valence-electron chi connectivity index (χ0n) is 8.18. The van der Waals surface area contributed by atoms with Crippen LogP contribution in [0.25, 0.3) is 5.88 Å². The van der Waals surface area contributed by atoms with E-state index in [9.17, 15) is 0 Å². The molecule has 0 aliphatic carbocycles. The van der Waals surface area contributed by atoms with Gasteiger partial charge < -0.3 is 4.42 Å². The van der Waals surface area contributed by atoms with Crippen LogP contribution in [0.5, 0.6) is 0 Å². The molecule has 0 aliphatic rings. The summed E-state index contributed by atoms with van der Waals surface area (Å²) < 4.78 is 6.86. The fourth-order valence-electron chi connectivity index (χ4n) is 1.25. The molecule has 0 aliphatic heterocycles. The van der Waals surface area contributed by atoms with Crippen LogP contribution in [0.4, 0.5) is 0 Å². The Morgan fingerprint density at radius 1 is 1.50 bits per heavy atom. The number of nitrogens with zero attached hydrogens (tertiary/aromatic N) is 3. The van der Waals surface area contributed by atoms with Crippen molar-refractivity contribution in [2.24, 2.45) is 0 Å². The molecule has 0 amide bonds. The fraction of sp³-hybridized carbons (Fsp3) is 0.400. The minimum atomic E-state index is 0.709. The second-order valence-electron chi connectivity index (χ2n) is 3.16. The van der Waals surface area contributed by atoms with Crippen LogP contribution in [-0.2, 0) is 6.42 Å². The van der Waals surface area contributed by atoms with Gasteiger partial charge in [-0.3, -0.25) is 0 Å². The largest absolute Gasteiger partial charge is 0.447 e. The van der Waals surface area contributed by atoms with E-state index in [-0.39, 0.29) is 0 Å². The summed E-state index contributed by atoms with van der Waals surface area (Å²) in [5, 5.41) is 4.30. The summed E-state index contributed by atoms with van der Waals surface area (Å²) in [6, 6.07) is 3.70. The number of furan rings is 1. The van der Waals surface area contributed by atoms with E-state index in [1.165, 1.54) is 0 Å². The van der Waals surface area contributed by atoms with Gasteiger partial charge in [0.2, 0.25) is 5.88 Å². The van der Waals surface area contributed by atoms with E-state index in [4.69, 9.17) is 4.42 Å². The van der Waals surface area contributed by atoms with Crippen molar-refractivity contribution in [2.75, 3.05) is 0 Å². The Labute approximate surface area is 82.6 Å². The van der Waals surface area contributed by atoms with Crippen LogP contribution in [-0.4, -0.2) is 14.8 Å². The fourth-order valence-corrected chi connectivity index (χ4v) is 1.25. The highest BCUT2D eigenvalue weighted by atomic mass is 16.3. The summed E-state index contributed by atoms with van der Waals surface area (Å²) in [6.07, 6.45) is 6.54. The number of unbranched alkanes of at least 4 members (excludes halogenated alkanes) is 1. The highest BCUT2D eigenvalue weighted by Gasteiger charge is 2.03. The first-order chi connectivity index (χ1) is 6.90. The van der Waals surface area contributed by atoms with Gasteiger partial charge in [-0.1, -0.05) is 13.3 Å². The highest BCUT2D eigenvalue weighted by Crippen LogP contribution is 2.06. The molecule has 0 radical (unpaired) electrons. The van der Waals surface area contributed by atoms with Crippen LogP contribution < -0.4 is 0 Å². The van der Waals surface area contributed by atoms with Gasteiger partial charge in [-0.25, -0.2) is 4.98 Å². The molecule has 0 unspecified atom stereocenters. The maximum atomic E-state index is 5.20. The van der Waals surface area contributed by atoms with Gasteiger partial charge in [-0.15, -0.1) is 5.10 Å². The molecule has 0 saturated heterocycles. The molecule has 0 aromatic carbocycles. The van der Waals surface area contributed by atoms with Gasteiger partial charge in [0.15, 0.2) is 5.82 Å². The zero-order chi connectivity index (χ0) is 9.80. The Morgan fingerprint density at radius 2 is 2.43 bits per heavy atom. The summed E-state index contributed by atoms with van der Waals surface area (Å²) in [5.74, 6) is 1.59. The van der Waals surface area contributed by atoms with Crippen molar-refractivity contribution in [3.63, 3.8) is 0 Å². The van der Waals surface area contributed by atoms with Crippen LogP contribution >= 0.6 is 0 Å². The molecule has 2 aromatic rings. The summed E-state index contributed by atoms with van der Waals surface area (Å²) >= 11 is 0. The lowest BCUT2D eigenvalue weighted by atomic mass is 10.2. The summed E-state index contributed by atoms with van der Waals surface area (Å²) in [6.45, 7) is 2.16. The Morgan fingerprint density at radius 3 is 3.14 bits per heavy atom. The standard InChI is InChI=1S/C10H13N3O/c1-2-3-5-9-11-8-13(12-9)10-6-4-7-14-10/h4,6-8H,2-3,5H2,1H3. The Balaban J connectivity index is 2.10. The average molecular weight is 191 g/mol. The quantitative estimate of drug-likeness (QED) is 0.744. The lowest BCUT2D eigenvalue weighted by Crippen LogP contribution is -1.94. The van der Waals surface area contributed by atoms with Gasteiger partial charge in [0.1, 0.15) is 6.33 Å². The third-order valence-electron chi connectivity index (χ3n) is 2.03. The summed E-state index contributed by atoms with van der Waals surface area (Å²) in [4.78, 5) is 4.20. The number of rotatable bonds is 4. The Bertz CT molecular complexity index is 378. The number of aromatic nitrogens is 3. The molecular formula is C10H13N3O. The van der Waals surface area contributed by atoms with E-state index in [0.717, 1.165) is 25.1 Å². The third kappa shape index (κ3) is 1.84. The van der Waals surface area contributed by atoms with E-state index in [1.54, 1.807) is 17.3 Å². The lowest BCUT2D eigenvalue weighted by molar-refractivity contribution is 0.520. The predicted molar refractivity (Wildman–Crippen MR) is 52.2 cm³/mol. The minimum absolute atomic E-state index is 0.709. The first-order valence-electron chi connectivity index (χ1n) is 4.84. The number of hydrogen-bond donors (Lipinski definition) is 0. The molecule has 4 heteroatoms. The van der Waals surface area contributed by atoms with Gasteiger partial charge in [0.25, 0.3) is 0 Å². The smallest absolute Gasteiger partial charge is 0.221 e. The molecule has 4 nitrogen and oxygen atoms in total. The molecule has 0 fully saturated rings. The van der Waals surface area contributed by atoms with Crippen LogP contribution in [0, 0.1) is 0 Å². The van der Waals surface area contributed by atoms with E-state index in [1.807, 2.05) is 12.1 Å². The van der Waals surface area contributed by atoms with Crippen LogP contribution in [0.1, 0.15) is 25.6 Å². The lowest BCUT2D eigenvalue weighted by Gasteiger charge is -1.92. The molecular weight excluding hydrogens is 178 g/mol. The van der Waals surface area contributed by atoms with Gasteiger partial charge in [0.05, 0.1) is 6.26 Å². The van der Waals surface area contributed by atoms with Crippen LogP contribution in [0.15, 0.2) is 29.1 Å². The molecule has 0 bridgehead atoms. The van der Waals surface area contributed by atoms with Crippen LogP contribution in [0.2, 0.25) is 0 Å². The normalized spacial score (nSPS) is 10.6. The molecule has 74 valence electrons. The second-order valence-corrected chi connectivity index (χ2v) is 3.16. The minimum Gasteiger partial charge on any atom is -0.447 e. The maximum Gasteiger partial charge on any atom is 0.221 e. The molecule has 0 spiro atoms. The third-order valence-corrected chi connectivity index (χ3v) is 2.03. The van der Waals surface area contributed by atoms with E-state index < -0.39 is 0 Å². The molecule has 2 rings (SSSR count). The highest BCUT2D eigenvalue weighted by molar-refractivity contribution is 5.14. The van der Waals surface area contributed by atoms with Crippen molar-refractivity contribution in [3.05, 3.63) is 30.5 Å². The van der Waals surface area contributed by atoms with Crippen molar-refractivity contribution in [1.82, 2.24) is 14.8 Å². The van der Waals surface area contributed by atoms with Crippen molar-refractivity contribution >= 4 is 0 Å². The molecule has 0 N–H and O–H groups in total. The van der Waals surface area contributed by atoms with Gasteiger partial charge >= 0.3 is 0 Å². The molecule has 0 saturated carbocycles. The van der Waals surface area contributed by atoms with Crippen molar-refractivity contribution in [3.8, 4) is 5.88 Å². The first-order valence-corrected chi connectivity index (χ1v) is 4.84. The predicted octanol–water partition coefficient (Wildman–Crippen LogP) is 2.20. The second kappa shape index (κ2) is 4.09. The van der Waals surface area contributed by atoms with Crippen molar-refractivity contribution < 1.29 is 4.42 Å². The summed E-state index contributed by atoms with van der Waals surface area (Å²) in [7, 11) is 0. The van der Waals surface area contributed by atoms with Gasteiger partial charge in [-0.2, -0.15) is 4.68 Å². The summed E-state index contributed by atoms with van der Waals surface area (Å²) in [5.41, 5.74) is 0. The van der Waals surface area contributed by atoms with E-state index in [2.05, 4.69) is 17.0 Å². The molecule has 2 aromatic heterocycles. The number of aryl methyl sites for hydroxylation is 1. The Kier molecular flexibility index (Phi) is 2.62. The van der Waals surface area contributed by atoms with Gasteiger partial charge in [0, 0.05) is 12.5 Å². The van der Waals surface area contributed by atoms with Crippen molar-refractivity contribution in [1.29, 1.82) is 0 Å². The monoisotopic (exact) mass is 191 g/mol. The molecule has 0 atom stereocenters. The van der Waals surface area contributed by atoms with Gasteiger partial charge in [-0.05, 0) is 12.5 Å². The number of hydrogen-bond acceptors (Lipinski definition) is 3. The Hall–Kier alpha value is -1.58. The topological polar surface area (TPSA) is 43.9 Å². The molecule has 2 heterocycles. The SMILES string of the molecule is CCCCc1ncn(-c2ccco2)n1. The average Bonchev–Trinajstić information content (AvgIpc) is 2.85. The first kappa shape index (κ1) is 8.99. The van der Waals surface area contributed by atoms with Crippen molar-refractivity contribution in [2.45, 2.75) is 26.2 Å². The molecule has 14 heavy (non-hydrogen) atoms. The maximum absolute atomic E-state index is 5.20. The van der Waals surface area contributed by atoms with E-state index in [0.29, 0.717) is 5.88 Å². The van der Waals surface area contributed by atoms with Crippen LogP contribution in [0.3, 0.4) is 0 Å². The zero-order valence-corrected chi connectivity index (χ0v) is 8.18.